The highest BCUT2D eigenvalue weighted by Gasteiger charge is 2.26. The quantitative estimate of drug-likeness (QED) is 0.139. The highest BCUT2D eigenvalue weighted by atomic mass is 32.1. The van der Waals surface area contributed by atoms with Crippen molar-refractivity contribution < 1.29 is 27.8 Å². The molecule has 0 saturated carbocycles. The molecule has 2 aromatic heterocycles. The van der Waals surface area contributed by atoms with Gasteiger partial charge in [0.1, 0.15) is 28.8 Å². The van der Waals surface area contributed by atoms with Crippen molar-refractivity contribution >= 4 is 33.3 Å². The summed E-state index contributed by atoms with van der Waals surface area (Å²) in [5, 5.41) is 5.70. The van der Waals surface area contributed by atoms with Crippen molar-refractivity contribution in [2.75, 3.05) is 59.5 Å². The number of urea groups is 1. The number of benzene rings is 3. The molecular formula is C36H39F2N5O6S. The zero-order valence-electron chi connectivity index (χ0n) is 28.3. The summed E-state index contributed by atoms with van der Waals surface area (Å²) < 4.78 is 48.4. The lowest BCUT2D eigenvalue weighted by atomic mass is 10.1. The summed E-state index contributed by atoms with van der Waals surface area (Å²) in [5.74, 6) is -1.12. The number of methoxy groups -OCH3 is 2. The molecule has 14 heteroatoms. The van der Waals surface area contributed by atoms with Crippen LogP contribution in [-0.4, -0.2) is 74.2 Å². The average Bonchev–Trinajstić information content (AvgIpc) is 3.47. The van der Waals surface area contributed by atoms with Crippen LogP contribution in [0.3, 0.4) is 0 Å². The van der Waals surface area contributed by atoms with Crippen LogP contribution in [0, 0.1) is 11.6 Å². The van der Waals surface area contributed by atoms with E-state index >= 15 is 8.78 Å². The summed E-state index contributed by atoms with van der Waals surface area (Å²) in [6.07, 6.45) is 0. The Bertz CT molecular complexity index is 2040. The fourth-order valence-electron chi connectivity index (χ4n) is 5.43. The van der Waals surface area contributed by atoms with E-state index in [1.54, 1.807) is 50.6 Å². The van der Waals surface area contributed by atoms with Gasteiger partial charge in [-0.1, -0.05) is 18.2 Å². The Balaban J connectivity index is 1.74. The number of likely N-dealkylation sites (N-methyl/N-ethyl adjacent to an activating group) is 1. The van der Waals surface area contributed by atoms with Crippen LogP contribution in [0.25, 0.3) is 26.3 Å². The van der Waals surface area contributed by atoms with Gasteiger partial charge in [0.2, 0.25) is 0 Å². The lowest BCUT2D eigenvalue weighted by molar-refractivity contribution is 0.146. The number of carbonyl (C=O) groups excluding carboxylic acids is 1. The Labute approximate surface area is 291 Å². The number of ether oxygens (including phenoxy) is 3. The van der Waals surface area contributed by atoms with E-state index in [0.29, 0.717) is 61.3 Å². The highest BCUT2D eigenvalue weighted by Crippen LogP contribution is 2.38. The number of anilines is 1. The monoisotopic (exact) mass is 707 g/mol. The summed E-state index contributed by atoms with van der Waals surface area (Å²) in [4.78, 5) is 43.9. The fourth-order valence-corrected chi connectivity index (χ4v) is 6.74. The molecular weight excluding hydrogens is 668 g/mol. The number of halogens is 2. The van der Waals surface area contributed by atoms with Gasteiger partial charge in [0.05, 0.1) is 30.8 Å². The number of nitrogens with one attached hydrogen (secondary N) is 2. The molecule has 2 amide bonds. The third-order valence-corrected chi connectivity index (χ3v) is 9.25. The minimum atomic E-state index is -0.813. The van der Waals surface area contributed by atoms with E-state index in [0.717, 1.165) is 22.3 Å². The fraction of sp³-hybridized carbons (Fsp3) is 0.306. The van der Waals surface area contributed by atoms with Gasteiger partial charge in [-0.3, -0.25) is 14.3 Å². The average molecular weight is 708 g/mol. The molecule has 11 nitrogen and oxygen atoms in total. The number of aromatic nitrogens is 2. The molecule has 3 aromatic carbocycles. The topological polar surface area (TPSA) is 116 Å². The van der Waals surface area contributed by atoms with Crippen molar-refractivity contribution in [3.63, 3.8) is 0 Å². The van der Waals surface area contributed by atoms with Crippen LogP contribution >= 0.6 is 11.3 Å². The van der Waals surface area contributed by atoms with Crippen LogP contribution < -0.4 is 26.6 Å². The number of thiophene rings is 1. The first-order chi connectivity index (χ1) is 24.2. The Kier molecular flexibility index (Phi) is 12.1. The molecule has 0 spiro atoms. The van der Waals surface area contributed by atoms with Crippen LogP contribution in [-0.2, 0) is 22.6 Å². The van der Waals surface area contributed by atoms with E-state index in [1.165, 1.54) is 22.0 Å². The summed E-state index contributed by atoms with van der Waals surface area (Å²) in [6, 6.07) is 16.7. The van der Waals surface area contributed by atoms with Gasteiger partial charge in [0.25, 0.3) is 5.56 Å². The van der Waals surface area contributed by atoms with Crippen molar-refractivity contribution in [3.05, 3.63) is 110 Å². The number of hydrogen-bond donors (Lipinski definition) is 2. The van der Waals surface area contributed by atoms with E-state index in [9.17, 15) is 14.4 Å². The number of amides is 2. The van der Waals surface area contributed by atoms with Crippen molar-refractivity contribution in [1.29, 1.82) is 0 Å². The van der Waals surface area contributed by atoms with E-state index in [-0.39, 0.29) is 27.5 Å². The molecule has 50 heavy (non-hydrogen) atoms. The van der Waals surface area contributed by atoms with Crippen molar-refractivity contribution in [2.45, 2.75) is 20.0 Å². The van der Waals surface area contributed by atoms with Gasteiger partial charge >= 0.3 is 11.7 Å². The predicted octanol–water partition coefficient (Wildman–Crippen LogP) is 5.45. The number of rotatable bonds is 15. The highest BCUT2D eigenvalue weighted by molar-refractivity contribution is 7.22. The van der Waals surface area contributed by atoms with Crippen molar-refractivity contribution in [3.8, 4) is 21.9 Å². The van der Waals surface area contributed by atoms with E-state index in [1.807, 2.05) is 31.0 Å². The maximum atomic E-state index is 15.1. The van der Waals surface area contributed by atoms with Gasteiger partial charge in [-0.05, 0) is 73.6 Å². The molecule has 264 valence electrons. The lowest BCUT2D eigenvalue weighted by Gasteiger charge is -2.18. The SMILES string of the molecule is CCNC(=O)Nc1ccc(-c2sc3c(c2CN(C)CCOC)c(=O)n(-c2ccc(OCCOC)cc2)c(=O)n3Cc2c(F)cccc2F)cc1. The molecule has 0 saturated heterocycles. The minimum Gasteiger partial charge on any atom is -0.491 e. The normalized spacial score (nSPS) is 11.3. The number of hydrogen-bond acceptors (Lipinski definition) is 8. The zero-order valence-corrected chi connectivity index (χ0v) is 29.1. The van der Waals surface area contributed by atoms with Gasteiger partial charge in [-0.2, -0.15) is 0 Å². The Morgan fingerprint density at radius 3 is 2.22 bits per heavy atom. The van der Waals surface area contributed by atoms with Crippen molar-refractivity contribution in [2.24, 2.45) is 0 Å². The molecule has 0 radical (unpaired) electrons. The van der Waals surface area contributed by atoms with Gasteiger partial charge in [-0.25, -0.2) is 22.9 Å². The summed E-state index contributed by atoms with van der Waals surface area (Å²) >= 11 is 1.19. The third-order valence-electron chi connectivity index (χ3n) is 7.95. The van der Waals surface area contributed by atoms with Crippen molar-refractivity contribution in [1.82, 2.24) is 19.4 Å². The zero-order chi connectivity index (χ0) is 35.8. The molecule has 5 aromatic rings. The Morgan fingerprint density at radius 2 is 1.58 bits per heavy atom. The molecule has 2 heterocycles. The first-order valence-corrected chi connectivity index (χ1v) is 16.8. The number of nitrogens with zero attached hydrogens (tertiary/aromatic N) is 3. The molecule has 0 aliphatic heterocycles. The van der Waals surface area contributed by atoms with Crippen LogP contribution in [0.4, 0.5) is 19.3 Å². The minimum absolute atomic E-state index is 0.246. The van der Waals surface area contributed by atoms with Crippen LogP contribution in [0.15, 0.2) is 76.3 Å². The molecule has 2 N–H and O–H groups in total. The molecule has 0 fully saturated rings. The smallest absolute Gasteiger partial charge is 0.337 e. The van der Waals surface area contributed by atoms with E-state index in [4.69, 9.17) is 14.2 Å². The largest absolute Gasteiger partial charge is 0.491 e. The Hall–Kier alpha value is -4.89. The molecule has 0 atom stereocenters. The summed E-state index contributed by atoms with van der Waals surface area (Å²) in [6.45, 7) is 3.79. The summed E-state index contributed by atoms with van der Waals surface area (Å²) in [7, 11) is 5.05. The van der Waals surface area contributed by atoms with E-state index < -0.39 is 29.4 Å². The second-order valence-corrected chi connectivity index (χ2v) is 12.4. The first-order valence-electron chi connectivity index (χ1n) is 16.0. The van der Waals surface area contributed by atoms with Crippen LogP contribution in [0.2, 0.25) is 0 Å². The van der Waals surface area contributed by atoms with Gasteiger partial charge < -0.3 is 24.8 Å². The lowest BCUT2D eigenvalue weighted by Crippen LogP contribution is -2.39. The Morgan fingerprint density at radius 1 is 0.900 bits per heavy atom. The van der Waals surface area contributed by atoms with Gasteiger partial charge in [-0.15, -0.1) is 11.3 Å². The molecule has 0 aliphatic carbocycles. The van der Waals surface area contributed by atoms with Crippen LogP contribution in [0.5, 0.6) is 5.75 Å². The second-order valence-electron chi connectivity index (χ2n) is 11.4. The van der Waals surface area contributed by atoms with Gasteiger partial charge in [0.15, 0.2) is 0 Å². The second kappa shape index (κ2) is 16.7. The molecule has 0 unspecified atom stereocenters. The van der Waals surface area contributed by atoms with Crippen LogP contribution in [0.1, 0.15) is 18.1 Å². The number of fused-ring (bicyclic) bond motifs is 1. The first kappa shape index (κ1) is 36.4. The maximum absolute atomic E-state index is 15.1. The molecule has 0 bridgehead atoms. The standard InChI is InChI=1S/C36H39F2N5O6S/c1-5-39-35(45)40-24-11-9-23(10-12-24)32-28(21-41(2)17-18-47-3)31-33(44)43(25-13-15-26(16-14-25)49-20-19-48-4)36(46)42(34(31)50-32)22-27-29(37)7-6-8-30(27)38/h6-16H,5,17-22H2,1-4H3,(H2,39,40,45). The molecule has 5 rings (SSSR count). The molecule has 0 aliphatic rings. The maximum Gasteiger partial charge on any atom is 0.337 e. The van der Waals surface area contributed by atoms with E-state index in [2.05, 4.69) is 10.6 Å². The predicted molar refractivity (Wildman–Crippen MR) is 191 cm³/mol. The third kappa shape index (κ3) is 8.11. The van der Waals surface area contributed by atoms with Gasteiger partial charge in [0, 0.05) is 50.0 Å². The number of carbonyl (C=O) groups is 1. The summed E-state index contributed by atoms with van der Waals surface area (Å²) in [5.41, 5.74) is 0.538.